The van der Waals surface area contributed by atoms with E-state index in [-0.39, 0.29) is 36.8 Å². The van der Waals surface area contributed by atoms with E-state index in [2.05, 4.69) is 22.1 Å². The summed E-state index contributed by atoms with van der Waals surface area (Å²) in [6.07, 6.45) is 0.807. The molecule has 0 radical (unpaired) electrons. The van der Waals surface area contributed by atoms with Gasteiger partial charge in [0.25, 0.3) is 0 Å². The van der Waals surface area contributed by atoms with Gasteiger partial charge in [-0.15, -0.1) is 0 Å². The number of hydrogen-bond donors (Lipinski definition) is 1. The topological polar surface area (TPSA) is 115 Å². The Balaban J connectivity index is 1.14. The van der Waals surface area contributed by atoms with Gasteiger partial charge in [0.05, 0.1) is 30.3 Å². The molecular formula is C31H35N5O6. The molecule has 2 aliphatic rings. The number of ether oxygens (including phenoxy) is 2. The maximum absolute atomic E-state index is 13.0. The second kappa shape index (κ2) is 13.1. The molecule has 1 aromatic heterocycles. The minimum Gasteiger partial charge on any atom is -0.445 e. The quantitative estimate of drug-likeness (QED) is 0.340. The monoisotopic (exact) mass is 573 g/mol. The van der Waals surface area contributed by atoms with Crippen LogP contribution in [-0.4, -0.2) is 82.8 Å². The van der Waals surface area contributed by atoms with Gasteiger partial charge in [-0.3, -0.25) is 28.9 Å². The van der Waals surface area contributed by atoms with Gasteiger partial charge < -0.3 is 14.4 Å². The number of carbonyl (C=O) groups is 3. The molecule has 1 unspecified atom stereocenters. The van der Waals surface area contributed by atoms with Crippen LogP contribution >= 0.6 is 0 Å². The Hall–Kier alpha value is -4.40. The lowest BCUT2D eigenvalue weighted by Crippen LogP contribution is -2.44. The molecule has 2 atom stereocenters. The Bertz CT molecular complexity index is 1580. The first kappa shape index (κ1) is 29.1. The summed E-state index contributed by atoms with van der Waals surface area (Å²) >= 11 is 0. The van der Waals surface area contributed by atoms with Gasteiger partial charge in [0, 0.05) is 45.7 Å². The van der Waals surface area contributed by atoms with Crippen LogP contribution in [-0.2, 0) is 32.7 Å². The van der Waals surface area contributed by atoms with Crippen molar-refractivity contribution in [2.75, 3.05) is 39.8 Å². The molecule has 2 saturated heterocycles. The molecule has 2 aliphatic heterocycles. The molecule has 0 spiro atoms. The fourth-order valence-electron chi connectivity index (χ4n) is 5.28. The van der Waals surface area contributed by atoms with E-state index < -0.39 is 11.9 Å². The van der Waals surface area contributed by atoms with Gasteiger partial charge in [0.15, 0.2) is 0 Å². The lowest BCUT2D eigenvalue weighted by molar-refractivity contribution is -0.135. The average molecular weight is 574 g/mol. The number of imide groups is 1. The summed E-state index contributed by atoms with van der Waals surface area (Å²) in [7, 11) is 3.39. The summed E-state index contributed by atoms with van der Waals surface area (Å²) in [6.45, 7) is 3.40. The summed E-state index contributed by atoms with van der Waals surface area (Å²) in [4.78, 5) is 53.1. The summed E-state index contributed by atoms with van der Waals surface area (Å²) < 4.78 is 14.3. The first-order valence-electron chi connectivity index (χ1n) is 14.1. The number of piperidine rings is 1. The minimum atomic E-state index is -0.718. The molecule has 2 fully saturated rings. The van der Waals surface area contributed by atoms with Crippen molar-refractivity contribution in [3.63, 3.8) is 0 Å². The zero-order valence-electron chi connectivity index (χ0n) is 23.9. The third-order valence-electron chi connectivity index (χ3n) is 7.67. The van der Waals surface area contributed by atoms with Crippen LogP contribution in [0, 0.1) is 11.8 Å². The maximum atomic E-state index is 13.0. The number of nitrogens with zero attached hydrogens (tertiary/aromatic N) is 4. The fraction of sp³-hybridized carbons (Fsp3) is 0.419. The second-order valence-electron chi connectivity index (χ2n) is 10.7. The van der Waals surface area contributed by atoms with Crippen molar-refractivity contribution in [3.05, 3.63) is 70.1 Å². The normalized spacial score (nSPS) is 19.2. The Labute approximate surface area is 244 Å². The number of benzene rings is 2. The van der Waals surface area contributed by atoms with Crippen LogP contribution in [0.1, 0.15) is 36.4 Å². The number of carbonyl (C=O) groups excluding carboxylic acids is 3. The lowest BCUT2D eigenvalue weighted by atomic mass is 10.1. The van der Waals surface area contributed by atoms with Crippen molar-refractivity contribution in [2.24, 2.45) is 7.05 Å². The van der Waals surface area contributed by atoms with E-state index >= 15 is 0 Å². The van der Waals surface area contributed by atoms with Crippen LogP contribution in [0.25, 0.3) is 11.0 Å². The molecule has 1 N–H and O–H groups in total. The number of nitrogens with one attached hydrogen (secondary N) is 1. The van der Waals surface area contributed by atoms with Crippen LogP contribution < -0.4 is 11.0 Å². The van der Waals surface area contributed by atoms with Crippen LogP contribution in [0.15, 0.2) is 53.3 Å². The van der Waals surface area contributed by atoms with E-state index in [0.717, 1.165) is 17.7 Å². The van der Waals surface area contributed by atoms with E-state index in [1.165, 1.54) is 9.13 Å². The first-order chi connectivity index (χ1) is 20.3. The predicted molar refractivity (Wildman–Crippen MR) is 156 cm³/mol. The molecule has 5 rings (SSSR count). The summed E-state index contributed by atoms with van der Waals surface area (Å²) in [5.74, 6) is 5.64. The van der Waals surface area contributed by atoms with Gasteiger partial charge in [-0.2, -0.15) is 0 Å². The molecule has 11 heteroatoms. The van der Waals surface area contributed by atoms with Crippen molar-refractivity contribution in [1.82, 2.24) is 24.3 Å². The largest absolute Gasteiger partial charge is 0.445 e. The number of amides is 3. The Morgan fingerprint density at radius 1 is 1.14 bits per heavy atom. The number of aryl methyl sites for hydroxylation is 1. The van der Waals surface area contributed by atoms with Crippen molar-refractivity contribution < 1.29 is 23.9 Å². The Morgan fingerprint density at radius 3 is 2.74 bits per heavy atom. The molecule has 3 aromatic rings. The van der Waals surface area contributed by atoms with Gasteiger partial charge in [-0.25, -0.2) is 9.59 Å². The number of morpholine rings is 1. The third-order valence-corrected chi connectivity index (χ3v) is 7.67. The van der Waals surface area contributed by atoms with Crippen molar-refractivity contribution in [2.45, 2.75) is 38.0 Å². The lowest BCUT2D eigenvalue weighted by Gasteiger charge is -2.32. The van der Waals surface area contributed by atoms with Crippen molar-refractivity contribution in [1.29, 1.82) is 0 Å². The summed E-state index contributed by atoms with van der Waals surface area (Å²) in [5.41, 5.74) is 2.71. The zero-order chi connectivity index (χ0) is 29.6. The first-order valence-corrected chi connectivity index (χ1v) is 14.1. The highest BCUT2D eigenvalue weighted by Gasteiger charge is 2.31. The Kier molecular flexibility index (Phi) is 9.05. The number of rotatable bonds is 7. The fourth-order valence-corrected chi connectivity index (χ4v) is 5.28. The summed E-state index contributed by atoms with van der Waals surface area (Å²) in [5, 5.41) is 2.33. The SMILES string of the molecule is CN(CC[C@@H]1CN(CC#Cc2ccc3c(c2)n(C)c(=O)n3C2CCC(=O)NC2=O)CCO1)C(=O)OCc1ccccc1. The third kappa shape index (κ3) is 6.73. The molecule has 42 heavy (non-hydrogen) atoms. The zero-order valence-corrected chi connectivity index (χ0v) is 23.9. The number of imidazole rings is 1. The van der Waals surface area contributed by atoms with E-state index in [4.69, 9.17) is 9.47 Å². The van der Waals surface area contributed by atoms with E-state index in [0.29, 0.717) is 50.1 Å². The van der Waals surface area contributed by atoms with Crippen LogP contribution in [0.2, 0.25) is 0 Å². The molecule has 0 saturated carbocycles. The smallest absolute Gasteiger partial charge is 0.409 e. The maximum Gasteiger partial charge on any atom is 0.409 e. The van der Waals surface area contributed by atoms with E-state index in [9.17, 15) is 19.2 Å². The number of fused-ring (bicyclic) bond motifs is 1. The minimum absolute atomic E-state index is 0.0113. The highest BCUT2D eigenvalue weighted by atomic mass is 16.6. The van der Waals surface area contributed by atoms with Crippen molar-refractivity contribution in [3.8, 4) is 11.8 Å². The van der Waals surface area contributed by atoms with Crippen molar-refractivity contribution >= 4 is 28.9 Å². The molecule has 3 heterocycles. The predicted octanol–water partition coefficient (Wildman–Crippen LogP) is 2.03. The van der Waals surface area contributed by atoms with E-state index in [1.807, 2.05) is 42.5 Å². The molecule has 0 bridgehead atoms. The number of aromatic nitrogens is 2. The van der Waals surface area contributed by atoms with Gasteiger partial charge in [0.2, 0.25) is 11.8 Å². The standard InChI is InChI=1S/C31H35N5O6/c1-33(31(40)42-21-23-7-4-3-5-8-23)16-14-24-20-35(17-18-41-24)15-6-9-22-10-11-25-27(19-22)34(2)30(39)36(25)26-12-13-28(37)32-29(26)38/h3-5,7-8,10-11,19,24,26H,12-18,20-21H2,1-2H3,(H,32,37,38)/t24-,26?/m1/s1. The summed E-state index contributed by atoms with van der Waals surface area (Å²) in [6, 6.07) is 14.4. The molecule has 3 amide bonds. The average Bonchev–Trinajstić information content (AvgIpc) is 3.24. The van der Waals surface area contributed by atoms with Crippen LogP contribution in [0.3, 0.4) is 0 Å². The second-order valence-corrected chi connectivity index (χ2v) is 10.7. The van der Waals surface area contributed by atoms with Gasteiger partial charge >= 0.3 is 11.8 Å². The van der Waals surface area contributed by atoms with Gasteiger partial charge in [-0.05, 0) is 36.6 Å². The molecule has 11 nitrogen and oxygen atoms in total. The van der Waals surface area contributed by atoms with E-state index in [1.54, 1.807) is 25.1 Å². The number of hydrogen-bond acceptors (Lipinski definition) is 7. The molecule has 220 valence electrons. The molecular weight excluding hydrogens is 538 g/mol. The molecule has 2 aromatic carbocycles. The highest BCUT2D eigenvalue weighted by Crippen LogP contribution is 2.23. The van der Waals surface area contributed by atoms with Crippen LogP contribution in [0.4, 0.5) is 4.79 Å². The Morgan fingerprint density at radius 2 is 1.95 bits per heavy atom. The molecule has 0 aliphatic carbocycles. The van der Waals surface area contributed by atoms with Gasteiger partial charge in [0.1, 0.15) is 12.6 Å². The van der Waals surface area contributed by atoms with Crippen LogP contribution in [0.5, 0.6) is 0 Å². The highest BCUT2D eigenvalue weighted by molar-refractivity contribution is 6.00. The van der Waals surface area contributed by atoms with Gasteiger partial charge in [-0.1, -0.05) is 42.2 Å².